The van der Waals surface area contributed by atoms with Gasteiger partial charge in [0.25, 0.3) is 0 Å². The number of carbonyl (C=O) groups is 1. The minimum Gasteiger partial charge on any atom is -0.439 e. The summed E-state index contributed by atoms with van der Waals surface area (Å²) in [5, 5.41) is 18.4. The van der Waals surface area contributed by atoms with Crippen molar-refractivity contribution in [2.45, 2.75) is 19.3 Å². The predicted molar refractivity (Wildman–Crippen MR) is 107 cm³/mol. The van der Waals surface area contributed by atoms with E-state index < -0.39 is 5.91 Å². The number of nitrogens with zero attached hydrogens (tertiary/aromatic N) is 3. The van der Waals surface area contributed by atoms with Crippen LogP contribution in [0.1, 0.15) is 45.5 Å². The first-order valence-corrected chi connectivity index (χ1v) is 9.02. The number of hydrogen-bond donors (Lipinski definition) is 2. The summed E-state index contributed by atoms with van der Waals surface area (Å²) in [6, 6.07) is 14.2. The first-order valence-electron chi connectivity index (χ1n) is 9.02. The molecule has 0 aliphatic rings. The van der Waals surface area contributed by atoms with Crippen molar-refractivity contribution in [3.8, 4) is 17.7 Å². The number of hydrogen-bond acceptors (Lipinski definition) is 6. The number of carbonyl (C=O) groups excluding carboxylic acids is 1. The number of ether oxygens (including phenoxy) is 1. The maximum Gasteiger partial charge on any atom is 0.248 e. The first-order chi connectivity index (χ1) is 14.0. The van der Waals surface area contributed by atoms with Gasteiger partial charge in [0.15, 0.2) is 0 Å². The SMILES string of the molecule is CC(CO)c1ccc(Cc2cncnc2Oc2cccc(C#N)c2)c(C(N)=O)c1. The Morgan fingerprint density at radius 3 is 2.83 bits per heavy atom. The van der Waals surface area contributed by atoms with Crippen molar-refractivity contribution in [3.05, 3.63) is 82.8 Å². The summed E-state index contributed by atoms with van der Waals surface area (Å²) in [5.41, 5.74) is 8.64. The summed E-state index contributed by atoms with van der Waals surface area (Å²) in [7, 11) is 0. The lowest BCUT2D eigenvalue weighted by atomic mass is 9.93. The Morgan fingerprint density at radius 2 is 2.10 bits per heavy atom. The van der Waals surface area contributed by atoms with Gasteiger partial charge in [-0.3, -0.25) is 4.79 Å². The second-order valence-electron chi connectivity index (χ2n) is 6.64. The van der Waals surface area contributed by atoms with Gasteiger partial charge in [-0.05, 0) is 35.4 Å². The topological polar surface area (TPSA) is 122 Å². The molecule has 1 atom stereocenters. The molecule has 1 aromatic heterocycles. The molecule has 146 valence electrons. The van der Waals surface area contributed by atoms with E-state index in [4.69, 9.17) is 15.7 Å². The molecule has 3 aromatic rings. The molecule has 1 amide bonds. The number of aliphatic hydroxyl groups excluding tert-OH is 1. The van der Waals surface area contributed by atoms with Crippen LogP contribution in [0, 0.1) is 11.3 Å². The number of primary amides is 1. The van der Waals surface area contributed by atoms with E-state index in [1.54, 1.807) is 36.5 Å². The van der Waals surface area contributed by atoms with Crippen LogP contribution < -0.4 is 10.5 Å². The van der Waals surface area contributed by atoms with Gasteiger partial charge in [-0.15, -0.1) is 0 Å². The van der Waals surface area contributed by atoms with Crippen LogP contribution in [0.5, 0.6) is 11.6 Å². The zero-order valence-corrected chi connectivity index (χ0v) is 15.9. The number of benzene rings is 2. The zero-order chi connectivity index (χ0) is 20.8. The molecule has 0 fully saturated rings. The third kappa shape index (κ3) is 4.75. The van der Waals surface area contributed by atoms with Gasteiger partial charge in [0, 0.05) is 36.3 Å². The van der Waals surface area contributed by atoms with Crippen LogP contribution in [0.15, 0.2) is 55.0 Å². The van der Waals surface area contributed by atoms with Crippen molar-refractivity contribution in [2.24, 2.45) is 5.73 Å². The molecule has 1 heterocycles. The van der Waals surface area contributed by atoms with Crippen molar-refractivity contribution < 1.29 is 14.6 Å². The molecule has 0 aliphatic carbocycles. The van der Waals surface area contributed by atoms with Gasteiger partial charge in [0.2, 0.25) is 11.8 Å². The van der Waals surface area contributed by atoms with Gasteiger partial charge in [-0.25, -0.2) is 9.97 Å². The summed E-state index contributed by atoms with van der Waals surface area (Å²) in [6.45, 7) is 1.84. The van der Waals surface area contributed by atoms with E-state index in [1.165, 1.54) is 6.33 Å². The van der Waals surface area contributed by atoms with Crippen molar-refractivity contribution in [1.82, 2.24) is 9.97 Å². The second kappa shape index (κ2) is 8.95. The molecule has 0 spiro atoms. The van der Waals surface area contributed by atoms with Gasteiger partial charge in [0.05, 0.1) is 11.6 Å². The molecular weight excluding hydrogens is 368 g/mol. The number of nitriles is 1. The fraction of sp³-hybridized carbons (Fsp3) is 0.182. The molecule has 1 unspecified atom stereocenters. The Morgan fingerprint density at radius 1 is 1.28 bits per heavy atom. The molecule has 0 saturated heterocycles. The second-order valence-corrected chi connectivity index (χ2v) is 6.64. The Bertz CT molecular complexity index is 1080. The van der Waals surface area contributed by atoms with E-state index in [1.807, 2.05) is 19.1 Å². The van der Waals surface area contributed by atoms with E-state index >= 15 is 0 Å². The molecule has 0 bridgehead atoms. The molecule has 0 radical (unpaired) electrons. The minimum absolute atomic E-state index is 0.0240. The number of amides is 1. The Labute approximate surface area is 168 Å². The maximum absolute atomic E-state index is 12.0. The number of rotatable bonds is 7. The summed E-state index contributed by atoms with van der Waals surface area (Å²) in [5.74, 6) is 0.158. The maximum atomic E-state index is 12.0. The van der Waals surface area contributed by atoms with E-state index in [9.17, 15) is 9.90 Å². The largest absolute Gasteiger partial charge is 0.439 e. The molecule has 3 N–H and O–H groups in total. The summed E-state index contributed by atoms with van der Waals surface area (Å²) < 4.78 is 5.85. The highest BCUT2D eigenvalue weighted by Crippen LogP contribution is 2.27. The highest BCUT2D eigenvalue weighted by molar-refractivity contribution is 5.94. The van der Waals surface area contributed by atoms with E-state index in [2.05, 4.69) is 16.0 Å². The third-order valence-electron chi connectivity index (χ3n) is 4.55. The third-order valence-corrected chi connectivity index (χ3v) is 4.55. The number of aliphatic hydroxyl groups is 1. The predicted octanol–water partition coefficient (Wildman–Crippen LogP) is 2.93. The summed E-state index contributed by atoms with van der Waals surface area (Å²) >= 11 is 0. The lowest BCUT2D eigenvalue weighted by Crippen LogP contribution is -2.15. The van der Waals surface area contributed by atoms with Gasteiger partial charge in [-0.1, -0.05) is 25.1 Å². The van der Waals surface area contributed by atoms with Crippen molar-refractivity contribution in [2.75, 3.05) is 6.61 Å². The van der Waals surface area contributed by atoms with Crippen molar-refractivity contribution in [3.63, 3.8) is 0 Å². The van der Waals surface area contributed by atoms with E-state index in [0.29, 0.717) is 40.3 Å². The molecule has 7 nitrogen and oxygen atoms in total. The molecule has 2 aromatic carbocycles. The van der Waals surface area contributed by atoms with Gasteiger partial charge in [-0.2, -0.15) is 5.26 Å². The van der Waals surface area contributed by atoms with Gasteiger partial charge in [0.1, 0.15) is 12.1 Å². The zero-order valence-electron chi connectivity index (χ0n) is 15.9. The minimum atomic E-state index is -0.548. The number of nitrogens with two attached hydrogens (primary N) is 1. The quantitative estimate of drug-likeness (QED) is 0.642. The summed E-state index contributed by atoms with van der Waals surface area (Å²) in [6.07, 6.45) is 3.32. The van der Waals surface area contributed by atoms with Crippen LogP contribution in [-0.4, -0.2) is 27.6 Å². The average molecular weight is 388 g/mol. The lowest BCUT2D eigenvalue weighted by Gasteiger charge is -2.14. The molecule has 3 rings (SSSR count). The van der Waals surface area contributed by atoms with Crippen LogP contribution in [0.3, 0.4) is 0 Å². The highest BCUT2D eigenvalue weighted by atomic mass is 16.5. The highest BCUT2D eigenvalue weighted by Gasteiger charge is 2.16. The molecule has 7 heteroatoms. The standard InChI is InChI=1S/C22H20N4O3/c1-14(12-27)16-5-6-17(20(9-16)21(24)28)8-18-11-25-13-26-22(18)29-19-4-2-3-15(7-19)10-23/h2-7,9,11,13-14,27H,8,12H2,1H3,(H2,24,28). The smallest absolute Gasteiger partial charge is 0.248 e. The van der Waals surface area contributed by atoms with Crippen LogP contribution in [-0.2, 0) is 6.42 Å². The number of aromatic nitrogens is 2. The summed E-state index contributed by atoms with van der Waals surface area (Å²) in [4.78, 5) is 20.2. The fourth-order valence-corrected chi connectivity index (χ4v) is 2.90. The molecule has 0 saturated carbocycles. The fourth-order valence-electron chi connectivity index (χ4n) is 2.90. The lowest BCUT2D eigenvalue weighted by molar-refractivity contribution is 0.0999. The van der Waals surface area contributed by atoms with Crippen LogP contribution >= 0.6 is 0 Å². The van der Waals surface area contributed by atoms with Crippen LogP contribution in [0.4, 0.5) is 0 Å². The monoisotopic (exact) mass is 388 g/mol. The van der Waals surface area contributed by atoms with E-state index in [0.717, 1.165) is 5.56 Å². The Balaban J connectivity index is 1.93. The Kier molecular flexibility index (Phi) is 6.17. The average Bonchev–Trinajstić information content (AvgIpc) is 2.74. The normalized spacial score (nSPS) is 11.5. The van der Waals surface area contributed by atoms with Gasteiger partial charge >= 0.3 is 0 Å². The Hall–Kier alpha value is -3.76. The molecular formula is C22H20N4O3. The first kappa shape index (κ1) is 20.0. The van der Waals surface area contributed by atoms with Gasteiger partial charge < -0.3 is 15.6 Å². The van der Waals surface area contributed by atoms with Crippen LogP contribution in [0.25, 0.3) is 0 Å². The van der Waals surface area contributed by atoms with Crippen molar-refractivity contribution in [1.29, 1.82) is 5.26 Å². The molecule has 29 heavy (non-hydrogen) atoms. The van der Waals surface area contributed by atoms with E-state index in [-0.39, 0.29) is 12.5 Å². The molecule has 0 aliphatic heterocycles. The van der Waals surface area contributed by atoms with Crippen LogP contribution in [0.2, 0.25) is 0 Å². The van der Waals surface area contributed by atoms with Crippen molar-refractivity contribution >= 4 is 5.91 Å².